The normalized spacial score (nSPS) is 13.8. The van der Waals surface area contributed by atoms with E-state index < -0.39 is 9.84 Å². The molecule has 1 unspecified atom stereocenters. The van der Waals surface area contributed by atoms with Crippen molar-refractivity contribution in [3.8, 4) is 0 Å². The van der Waals surface area contributed by atoms with E-state index in [1.165, 1.54) is 17.8 Å². The van der Waals surface area contributed by atoms with Crippen LogP contribution in [0.15, 0.2) is 6.20 Å². The summed E-state index contributed by atoms with van der Waals surface area (Å²) in [6.07, 6.45) is 5.54. The minimum Gasteiger partial charge on any atom is -0.309 e. The number of sulfone groups is 1. The molecule has 0 amide bonds. The fourth-order valence-corrected chi connectivity index (χ4v) is 2.84. The minimum atomic E-state index is -2.86. The third kappa shape index (κ3) is 6.09. The Morgan fingerprint density at radius 3 is 2.82 bits per heavy atom. The molecule has 0 saturated heterocycles. The van der Waals surface area contributed by atoms with Gasteiger partial charge in [-0.1, -0.05) is 11.4 Å². The predicted octanol–water partition coefficient (Wildman–Crippen LogP) is 1.40. The van der Waals surface area contributed by atoms with Crippen LogP contribution < -0.4 is 5.32 Å². The Morgan fingerprint density at radius 1 is 1.53 bits per heavy atom. The predicted molar refractivity (Wildman–Crippen MR) is 69.9 cm³/mol. The smallest absolute Gasteiger partial charge is 0.147 e. The monoisotopic (exact) mass is 277 g/mol. The Kier molecular flexibility index (Phi) is 6.01. The van der Waals surface area contributed by atoms with E-state index in [0.717, 1.165) is 24.3 Å². The topological polar surface area (TPSA) is 72.0 Å². The van der Waals surface area contributed by atoms with E-state index in [-0.39, 0.29) is 11.8 Å². The van der Waals surface area contributed by atoms with Crippen molar-refractivity contribution in [2.75, 3.05) is 18.6 Å². The number of aromatic nitrogens is 2. The van der Waals surface area contributed by atoms with Crippen LogP contribution in [0, 0.1) is 0 Å². The summed E-state index contributed by atoms with van der Waals surface area (Å²) in [4.78, 5) is 1.08. The van der Waals surface area contributed by atoms with Gasteiger partial charge in [-0.15, -0.1) is 5.10 Å². The second-order valence-corrected chi connectivity index (χ2v) is 7.18. The van der Waals surface area contributed by atoms with Gasteiger partial charge in [0.25, 0.3) is 0 Å². The van der Waals surface area contributed by atoms with Gasteiger partial charge in [-0.2, -0.15) is 0 Å². The van der Waals surface area contributed by atoms with E-state index in [9.17, 15) is 8.42 Å². The number of rotatable bonds is 8. The van der Waals surface area contributed by atoms with Crippen LogP contribution >= 0.6 is 11.5 Å². The lowest BCUT2D eigenvalue weighted by atomic mass is 10.1. The lowest BCUT2D eigenvalue weighted by molar-refractivity contribution is 0.498. The molecule has 5 nitrogen and oxygen atoms in total. The molecule has 0 aromatic carbocycles. The van der Waals surface area contributed by atoms with Crippen LogP contribution in [-0.2, 0) is 9.84 Å². The summed E-state index contributed by atoms with van der Waals surface area (Å²) in [6.45, 7) is 3.02. The van der Waals surface area contributed by atoms with Crippen molar-refractivity contribution in [1.29, 1.82) is 0 Å². The third-order valence-corrected chi connectivity index (χ3v) is 4.18. The van der Waals surface area contributed by atoms with Crippen molar-refractivity contribution < 1.29 is 8.42 Å². The van der Waals surface area contributed by atoms with Gasteiger partial charge in [0.05, 0.1) is 11.1 Å². The van der Waals surface area contributed by atoms with Gasteiger partial charge in [0, 0.05) is 18.1 Å². The molecule has 0 fully saturated rings. The van der Waals surface area contributed by atoms with Gasteiger partial charge in [-0.3, -0.25) is 0 Å². The lowest BCUT2D eigenvalue weighted by Gasteiger charge is -2.15. The van der Waals surface area contributed by atoms with E-state index in [1.807, 2.05) is 0 Å². The van der Waals surface area contributed by atoms with Crippen LogP contribution in [0.2, 0.25) is 0 Å². The molecule has 1 aromatic rings. The highest BCUT2D eigenvalue weighted by molar-refractivity contribution is 7.90. The van der Waals surface area contributed by atoms with Gasteiger partial charge < -0.3 is 5.32 Å². The molecule has 0 saturated carbocycles. The third-order valence-electron chi connectivity index (χ3n) is 2.37. The van der Waals surface area contributed by atoms with Crippen LogP contribution in [0.4, 0.5) is 0 Å². The van der Waals surface area contributed by atoms with Gasteiger partial charge in [-0.25, -0.2) is 8.42 Å². The summed E-state index contributed by atoms with van der Waals surface area (Å²) in [5.41, 5.74) is 0. The Morgan fingerprint density at radius 2 is 2.29 bits per heavy atom. The highest BCUT2D eigenvalue weighted by Crippen LogP contribution is 2.20. The molecular formula is C10H19N3O2S2. The molecule has 0 aliphatic carbocycles. The Hall–Kier alpha value is -0.530. The fourth-order valence-electron chi connectivity index (χ4n) is 1.54. The molecule has 1 N–H and O–H groups in total. The first-order valence-electron chi connectivity index (χ1n) is 5.71. The molecule has 98 valence electrons. The molecule has 0 radical (unpaired) electrons. The maximum absolute atomic E-state index is 11.1. The van der Waals surface area contributed by atoms with Gasteiger partial charge in [0.15, 0.2) is 0 Å². The SMILES string of the molecule is CCCNC(CCCS(C)(=O)=O)c1cnns1. The Bertz CT molecular complexity index is 403. The Labute approximate surface area is 107 Å². The highest BCUT2D eigenvalue weighted by Gasteiger charge is 2.14. The molecule has 1 heterocycles. The van der Waals surface area contributed by atoms with Crippen LogP contribution in [0.1, 0.15) is 37.1 Å². The van der Waals surface area contributed by atoms with Crippen molar-refractivity contribution in [2.45, 2.75) is 32.2 Å². The summed E-state index contributed by atoms with van der Waals surface area (Å²) in [5.74, 6) is 0.240. The number of nitrogens with one attached hydrogen (secondary N) is 1. The second kappa shape index (κ2) is 7.03. The minimum absolute atomic E-state index is 0.177. The number of nitrogens with zero attached hydrogens (tertiary/aromatic N) is 2. The summed E-state index contributed by atoms with van der Waals surface area (Å²) in [7, 11) is -2.86. The van der Waals surface area contributed by atoms with Crippen molar-refractivity contribution in [3.63, 3.8) is 0 Å². The number of hydrogen-bond acceptors (Lipinski definition) is 6. The van der Waals surface area contributed by atoms with E-state index >= 15 is 0 Å². The van der Waals surface area contributed by atoms with Crippen LogP contribution in [0.5, 0.6) is 0 Å². The van der Waals surface area contributed by atoms with Gasteiger partial charge in [-0.05, 0) is 37.3 Å². The van der Waals surface area contributed by atoms with Gasteiger partial charge in [0.2, 0.25) is 0 Å². The molecule has 0 aliphatic rings. The molecule has 0 bridgehead atoms. The maximum Gasteiger partial charge on any atom is 0.147 e. The van der Waals surface area contributed by atoms with Crippen molar-refractivity contribution in [3.05, 3.63) is 11.1 Å². The van der Waals surface area contributed by atoms with Gasteiger partial charge in [0.1, 0.15) is 9.84 Å². The quantitative estimate of drug-likeness (QED) is 0.777. The zero-order valence-corrected chi connectivity index (χ0v) is 11.9. The lowest BCUT2D eigenvalue weighted by Crippen LogP contribution is -2.22. The average Bonchev–Trinajstić information content (AvgIpc) is 2.74. The summed E-state index contributed by atoms with van der Waals surface area (Å²) in [5, 5.41) is 7.21. The molecule has 1 atom stereocenters. The molecule has 17 heavy (non-hydrogen) atoms. The first-order valence-corrected chi connectivity index (χ1v) is 8.54. The largest absolute Gasteiger partial charge is 0.309 e. The zero-order chi connectivity index (χ0) is 12.7. The second-order valence-electron chi connectivity index (χ2n) is 4.10. The van der Waals surface area contributed by atoms with E-state index in [1.54, 1.807) is 6.20 Å². The van der Waals surface area contributed by atoms with E-state index in [2.05, 4.69) is 21.8 Å². The summed E-state index contributed by atoms with van der Waals surface area (Å²) < 4.78 is 26.0. The van der Waals surface area contributed by atoms with Crippen molar-refractivity contribution in [1.82, 2.24) is 14.9 Å². The van der Waals surface area contributed by atoms with Crippen molar-refractivity contribution in [2.24, 2.45) is 0 Å². The molecule has 7 heteroatoms. The van der Waals surface area contributed by atoms with Crippen LogP contribution in [-0.4, -0.2) is 36.6 Å². The summed E-state index contributed by atoms with van der Waals surface area (Å²) in [6, 6.07) is 0.177. The first-order chi connectivity index (χ1) is 8.03. The van der Waals surface area contributed by atoms with Crippen LogP contribution in [0.3, 0.4) is 0 Å². The average molecular weight is 277 g/mol. The zero-order valence-electron chi connectivity index (χ0n) is 10.2. The summed E-state index contributed by atoms with van der Waals surface area (Å²) >= 11 is 1.37. The molecule has 0 spiro atoms. The fraction of sp³-hybridized carbons (Fsp3) is 0.800. The van der Waals surface area contributed by atoms with Crippen LogP contribution in [0.25, 0.3) is 0 Å². The molecule has 1 rings (SSSR count). The molecule has 0 aliphatic heterocycles. The van der Waals surface area contributed by atoms with Gasteiger partial charge >= 0.3 is 0 Å². The van der Waals surface area contributed by atoms with E-state index in [4.69, 9.17) is 0 Å². The Balaban J connectivity index is 2.47. The molecular weight excluding hydrogens is 258 g/mol. The number of hydrogen-bond donors (Lipinski definition) is 1. The first kappa shape index (κ1) is 14.5. The standard InChI is InChI=1S/C10H19N3O2S2/c1-3-6-11-9(10-8-12-13-16-10)5-4-7-17(2,14)15/h8-9,11H,3-7H2,1-2H3. The molecule has 1 aromatic heterocycles. The van der Waals surface area contributed by atoms with Crippen molar-refractivity contribution >= 4 is 21.4 Å². The maximum atomic E-state index is 11.1. The highest BCUT2D eigenvalue weighted by atomic mass is 32.2. The van der Waals surface area contributed by atoms with E-state index in [0.29, 0.717) is 6.42 Å².